The summed E-state index contributed by atoms with van der Waals surface area (Å²) >= 11 is 3.35. The average molecular weight is 437 g/mol. The molecule has 0 saturated heterocycles. The smallest absolute Gasteiger partial charge is 0.261 e. The number of amides is 1. The molecule has 5 nitrogen and oxygen atoms in total. The Morgan fingerprint density at radius 1 is 1.19 bits per heavy atom. The van der Waals surface area contributed by atoms with Crippen LogP contribution in [-0.2, 0) is 10.0 Å². The van der Waals surface area contributed by atoms with E-state index in [1.807, 2.05) is 19.9 Å². The Bertz CT molecular complexity index is 940. The largest absolute Gasteiger partial charge is 0.349 e. The van der Waals surface area contributed by atoms with Crippen LogP contribution in [0.1, 0.15) is 35.7 Å². The number of aryl methyl sites for hydroxylation is 1. The van der Waals surface area contributed by atoms with Gasteiger partial charge < -0.3 is 5.32 Å². The van der Waals surface area contributed by atoms with E-state index in [2.05, 4.69) is 26.0 Å². The van der Waals surface area contributed by atoms with Crippen LogP contribution in [0.5, 0.6) is 0 Å². The molecule has 2 N–H and O–H groups in total. The first-order valence-corrected chi connectivity index (χ1v) is 10.7. The molecule has 138 valence electrons. The van der Waals surface area contributed by atoms with Crippen LogP contribution in [0.15, 0.2) is 51.8 Å². The minimum absolute atomic E-state index is 0.0534. The topological polar surface area (TPSA) is 75.3 Å². The summed E-state index contributed by atoms with van der Waals surface area (Å²) in [6.07, 6.45) is 2.26. The molecule has 26 heavy (non-hydrogen) atoms. The van der Waals surface area contributed by atoms with Crippen molar-refractivity contribution in [3.8, 4) is 0 Å². The van der Waals surface area contributed by atoms with Crippen LogP contribution in [0.2, 0.25) is 0 Å². The summed E-state index contributed by atoms with van der Waals surface area (Å²) in [7, 11) is -3.80. The summed E-state index contributed by atoms with van der Waals surface area (Å²) in [4.78, 5) is 12.4. The molecule has 0 aromatic heterocycles. The molecule has 2 aromatic carbocycles. The predicted octanol–water partition coefficient (Wildman–Crippen LogP) is 4.09. The molecule has 1 atom stereocenters. The highest BCUT2D eigenvalue weighted by Gasteiger charge is 2.29. The van der Waals surface area contributed by atoms with Crippen molar-refractivity contribution >= 4 is 37.5 Å². The van der Waals surface area contributed by atoms with Crippen molar-refractivity contribution < 1.29 is 13.2 Å². The summed E-state index contributed by atoms with van der Waals surface area (Å²) < 4.78 is 28.7. The third kappa shape index (κ3) is 4.45. The maximum absolute atomic E-state index is 12.7. The van der Waals surface area contributed by atoms with E-state index >= 15 is 0 Å². The highest BCUT2D eigenvalue weighted by Crippen LogP contribution is 2.32. The number of halogens is 1. The zero-order valence-electron chi connectivity index (χ0n) is 14.6. The lowest BCUT2D eigenvalue weighted by atomic mass is 10.1. The molecular formula is C19H21BrN2O3S. The van der Waals surface area contributed by atoms with Crippen LogP contribution in [-0.4, -0.2) is 20.4 Å². The monoisotopic (exact) mass is 436 g/mol. The van der Waals surface area contributed by atoms with Crippen molar-refractivity contribution in [1.29, 1.82) is 0 Å². The molecule has 0 radical (unpaired) electrons. The minimum Gasteiger partial charge on any atom is -0.349 e. The van der Waals surface area contributed by atoms with Crippen molar-refractivity contribution in [2.45, 2.75) is 37.6 Å². The fourth-order valence-corrected chi connectivity index (χ4v) is 4.32. The number of hydrogen-bond donors (Lipinski definition) is 2. The zero-order chi connectivity index (χ0) is 18.9. The molecule has 7 heteroatoms. The Kier molecular flexibility index (Phi) is 5.39. The lowest BCUT2D eigenvalue weighted by Gasteiger charge is -2.14. The van der Waals surface area contributed by atoms with E-state index in [-0.39, 0.29) is 16.8 Å². The third-order valence-electron chi connectivity index (χ3n) is 4.46. The van der Waals surface area contributed by atoms with Gasteiger partial charge in [-0.1, -0.05) is 12.1 Å². The highest BCUT2D eigenvalue weighted by atomic mass is 79.9. The second kappa shape index (κ2) is 7.40. The van der Waals surface area contributed by atoms with E-state index in [9.17, 15) is 13.2 Å². The average Bonchev–Trinajstić information content (AvgIpc) is 3.43. The SMILES string of the molecule is Cc1ccc(Br)c(NS(=O)(=O)c2cccc(C(=O)NC(C)C3CC3)c2)c1. The summed E-state index contributed by atoms with van der Waals surface area (Å²) in [6.45, 7) is 3.86. The lowest BCUT2D eigenvalue weighted by molar-refractivity contribution is 0.0935. The number of sulfonamides is 1. The van der Waals surface area contributed by atoms with Gasteiger partial charge in [-0.2, -0.15) is 0 Å². The molecule has 1 saturated carbocycles. The van der Waals surface area contributed by atoms with Gasteiger partial charge in [0.15, 0.2) is 0 Å². The zero-order valence-corrected chi connectivity index (χ0v) is 17.0. The molecular weight excluding hydrogens is 416 g/mol. The third-order valence-corrected chi connectivity index (χ3v) is 6.52. The quantitative estimate of drug-likeness (QED) is 0.715. The summed E-state index contributed by atoms with van der Waals surface area (Å²) in [6, 6.07) is 11.6. The molecule has 1 unspecified atom stereocenters. The van der Waals surface area contributed by atoms with E-state index in [4.69, 9.17) is 0 Å². The van der Waals surface area contributed by atoms with Crippen molar-refractivity contribution in [2.24, 2.45) is 5.92 Å². The van der Waals surface area contributed by atoms with Gasteiger partial charge in [-0.15, -0.1) is 0 Å². The van der Waals surface area contributed by atoms with Gasteiger partial charge in [0.1, 0.15) is 0 Å². The molecule has 1 amide bonds. The van der Waals surface area contributed by atoms with E-state index in [1.54, 1.807) is 24.3 Å². The number of benzene rings is 2. The van der Waals surface area contributed by atoms with Gasteiger partial charge in [-0.05, 0) is 84.4 Å². The first-order valence-electron chi connectivity index (χ1n) is 8.46. The number of anilines is 1. The Balaban J connectivity index is 1.81. The van der Waals surface area contributed by atoms with Crippen LogP contribution in [0, 0.1) is 12.8 Å². The number of rotatable bonds is 6. The van der Waals surface area contributed by atoms with E-state index in [1.165, 1.54) is 12.1 Å². The van der Waals surface area contributed by atoms with E-state index in [0.29, 0.717) is 21.6 Å². The summed E-state index contributed by atoms with van der Waals surface area (Å²) in [5.41, 5.74) is 1.74. The second-order valence-electron chi connectivity index (χ2n) is 6.72. The predicted molar refractivity (Wildman–Crippen MR) is 106 cm³/mol. The van der Waals surface area contributed by atoms with Gasteiger partial charge in [0.25, 0.3) is 15.9 Å². The first kappa shape index (κ1) is 18.9. The van der Waals surface area contributed by atoms with E-state index < -0.39 is 10.0 Å². The van der Waals surface area contributed by atoms with Gasteiger partial charge in [0.2, 0.25) is 0 Å². The lowest BCUT2D eigenvalue weighted by Crippen LogP contribution is -2.34. The minimum atomic E-state index is -3.80. The number of carbonyl (C=O) groups excluding carboxylic acids is 1. The van der Waals surface area contributed by atoms with Gasteiger partial charge in [0.05, 0.1) is 10.6 Å². The molecule has 0 heterocycles. The van der Waals surface area contributed by atoms with Gasteiger partial charge in [-0.3, -0.25) is 9.52 Å². The van der Waals surface area contributed by atoms with Gasteiger partial charge >= 0.3 is 0 Å². The van der Waals surface area contributed by atoms with Crippen LogP contribution >= 0.6 is 15.9 Å². The molecule has 1 aliphatic carbocycles. The van der Waals surface area contributed by atoms with Crippen molar-refractivity contribution in [2.75, 3.05) is 4.72 Å². The molecule has 2 aromatic rings. The first-order chi connectivity index (χ1) is 12.3. The number of hydrogen-bond acceptors (Lipinski definition) is 3. The Labute approximate surface area is 162 Å². The van der Waals surface area contributed by atoms with Crippen molar-refractivity contribution in [3.05, 3.63) is 58.1 Å². The summed E-state index contributed by atoms with van der Waals surface area (Å²) in [5, 5.41) is 2.94. The summed E-state index contributed by atoms with van der Waals surface area (Å²) in [5.74, 6) is 0.282. The fraction of sp³-hybridized carbons (Fsp3) is 0.316. The molecule has 1 aliphatic rings. The number of carbonyl (C=O) groups is 1. The van der Waals surface area contributed by atoms with Crippen molar-refractivity contribution in [3.63, 3.8) is 0 Å². The van der Waals surface area contributed by atoms with Crippen LogP contribution < -0.4 is 10.0 Å². The maximum Gasteiger partial charge on any atom is 0.261 e. The molecule has 0 aliphatic heterocycles. The van der Waals surface area contributed by atoms with Gasteiger partial charge in [0, 0.05) is 16.1 Å². The second-order valence-corrected chi connectivity index (χ2v) is 9.25. The maximum atomic E-state index is 12.7. The molecule has 1 fully saturated rings. The molecule has 0 spiro atoms. The standard InChI is InChI=1S/C19H21BrN2O3S/c1-12-6-9-17(20)18(10-12)22-26(24,25)16-5-3-4-15(11-16)19(23)21-13(2)14-7-8-14/h3-6,9-11,13-14,22H,7-8H2,1-2H3,(H,21,23). The normalized spacial score (nSPS) is 15.3. The van der Waals surface area contributed by atoms with Crippen LogP contribution in [0.4, 0.5) is 5.69 Å². The van der Waals surface area contributed by atoms with Crippen LogP contribution in [0.25, 0.3) is 0 Å². The Morgan fingerprint density at radius 2 is 1.92 bits per heavy atom. The number of nitrogens with one attached hydrogen (secondary N) is 2. The fourth-order valence-electron chi connectivity index (χ4n) is 2.73. The Hall–Kier alpha value is -1.86. The molecule has 3 rings (SSSR count). The molecule has 0 bridgehead atoms. The van der Waals surface area contributed by atoms with Gasteiger partial charge in [-0.25, -0.2) is 8.42 Å². The van der Waals surface area contributed by atoms with Crippen LogP contribution in [0.3, 0.4) is 0 Å². The highest BCUT2D eigenvalue weighted by molar-refractivity contribution is 9.10. The Morgan fingerprint density at radius 3 is 2.62 bits per heavy atom. The van der Waals surface area contributed by atoms with Crippen molar-refractivity contribution in [1.82, 2.24) is 5.32 Å². The van der Waals surface area contributed by atoms with E-state index in [0.717, 1.165) is 18.4 Å².